The van der Waals surface area contributed by atoms with Crippen molar-refractivity contribution in [1.29, 1.82) is 0 Å². The number of benzene rings is 1. The van der Waals surface area contributed by atoms with Crippen molar-refractivity contribution in [2.24, 2.45) is 5.73 Å². The number of hydrogen-bond acceptors (Lipinski definition) is 3. The third-order valence-electron chi connectivity index (χ3n) is 3.76. The average molecular weight is 246 g/mol. The molecule has 2 N–H and O–H groups in total. The molecule has 2 amide bonds. The summed E-state index contributed by atoms with van der Waals surface area (Å²) < 4.78 is 0. The van der Waals surface area contributed by atoms with Crippen LogP contribution in [0.4, 0.5) is 0 Å². The van der Waals surface area contributed by atoms with Gasteiger partial charge in [-0.2, -0.15) is 0 Å². The number of nitrogens with zero attached hydrogens (tertiary/aromatic N) is 1. The van der Waals surface area contributed by atoms with Crippen LogP contribution in [0.2, 0.25) is 0 Å². The van der Waals surface area contributed by atoms with Crippen molar-refractivity contribution < 1.29 is 9.59 Å². The Morgan fingerprint density at radius 1 is 1.06 bits per heavy atom. The van der Waals surface area contributed by atoms with Gasteiger partial charge in [0, 0.05) is 12.1 Å². The normalized spacial score (nSPS) is 15.2. The molecule has 0 atom stereocenters. The first-order valence-corrected chi connectivity index (χ1v) is 6.26. The highest BCUT2D eigenvalue weighted by Gasteiger charge is 2.38. The Morgan fingerprint density at radius 3 is 1.89 bits per heavy atom. The number of carbonyl (C=O) groups excluding carboxylic acids is 2. The summed E-state index contributed by atoms with van der Waals surface area (Å²) in [5.74, 6) is -0.459. The molecule has 96 valence electrons. The van der Waals surface area contributed by atoms with E-state index in [2.05, 4.69) is 0 Å². The summed E-state index contributed by atoms with van der Waals surface area (Å²) in [4.78, 5) is 25.6. The first-order valence-electron chi connectivity index (χ1n) is 6.26. The summed E-state index contributed by atoms with van der Waals surface area (Å²) in [7, 11) is 0. The fourth-order valence-electron chi connectivity index (χ4n) is 2.17. The SMILES string of the molecule is CCC(N)(CC)CN1C(=O)c2ccccc2C1=O. The van der Waals surface area contributed by atoms with Crippen LogP contribution in [0.1, 0.15) is 47.4 Å². The van der Waals surface area contributed by atoms with E-state index < -0.39 is 5.54 Å². The van der Waals surface area contributed by atoms with Gasteiger partial charge in [-0.05, 0) is 25.0 Å². The van der Waals surface area contributed by atoms with Crippen molar-refractivity contribution in [2.45, 2.75) is 32.2 Å². The molecule has 4 heteroatoms. The van der Waals surface area contributed by atoms with Gasteiger partial charge < -0.3 is 5.73 Å². The lowest BCUT2D eigenvalue weighted by molar-refractivity contribution is 0.0611. The monoisotopic (exact) mass is 246 g/mol. The van der Waals surface area contributed by atoms with Gasteiger partial charge in [0.05, 0.1) is 11.1 Å². The molecule has 4 nitrogen and oxygen atoms in total. The molecule has 0 unspecified atom stereocenters. The molecule has 0 aliphatic carbocycles. The third-order valence-corrected chi connectivity index (χ3v) is 3.76. The van der Waals surface area contributed by atoms with Gasteiger partial charge in [-0.15, -0.1) is 0 Å². The van der Waals surface area contributed by atoms with Crippen molar-refractivity contribution >= 4 is 11.8 Å². The summed E-state index contributed by atoms with van der Waals surface area (Å²) in [6.45, 7) is 4.23. The summed E-state index contributed by atoms with van der Waals surface area (Å²) >= 11 is 0. The van der Waals surface area contributed by atoms with Crippen LogP contribution < -0.4 is 5.73 Å². The second kappa shape index (κ2) is 4.53. The fraction of sp³-hybridized carbons (Fsp3) is 0.429. The molecule has 1 aliphatic heterocycles. The van der Waals surface area contributed by atoms with Crippen LogP contribution in [0.25, 0.3) is 0 Å². The zero-order valence-electron chi connectivity index (χ0n) is 10.8. The summed E-state index contributed by atoms with van der Waals surface area (Å²) in [6.07, 6.45) is 1.47. The molecule has 0 saturated heterocycles. The topological polar surface area (TPSA) is 63.4 Å². The molecule has 18 heavy (non-hydrogen) atoms. The quantitative estimate of drug-likeness (QED) is 0.824. The second-order valence-corrected chi connectivity index (χ2v) is 4.81. The predicted octanol–water partition coefficient (Wildman–Crippen LogP) is 1.80. The van der Waals surface area contributed by atoms with Crippen molar-refractivity contribution in [3.8, 4) is 0 Å². The van der Waals surface area contributed by atoms with Gasteiger partial charge in [-0.3, -0.25) is 14.5 Å². The minimum Gasteiger partial charge on any atom is -0.324 e. The second-order valence-electron chi connectivity index (χ2n) is 4.81. The number of amides is 2. The van der Waals surface area contributed by atoms with Gasteiger partial charge in [-0.1, -0.05) is 26.0 Å². The first kappa shape index (κ1) is 12.8. The van der Waals surface area contributed by atoms with Gasteiger partial charge >= 0.3 is 0 Å². The summed E-state index contributed by atoms with van der Waals surface area (Å²) in [6, 6.07) is 6.91. The molecule has 0 fully saturated rings. The number of rotatable bonds is 4. The molecule has 1 heterocycles. The minimum absolute atomic E-state index is 0.229. The van der Waals surface area contributed by atoms with E-state index in [0.29, 0.717) is 11.1 Å². The number of imide groups is 1. The zero-order valence-corrected chi connectivity index (χ0v) is 10.8. The van der Waals surface area contributed by atoms with E-state index in [4.69, 9.17) is 5.73 Å². The lowest BCUT2D eigenvalue weighted by atomic mass is 9.93. The standard InChI is InChI=1S/C14H18N2O2/c1-3-14(15,4-2)9-16-12(17)10-7-5-6-8-11(10)13(16)18/h5-8H,3-4,9,15H2,1-2H3. The van der Waals surface area contributed by atoms with E-state index in [9.17, 15) is 9.59 Å². The van der Waals surface area contributed by atoms with Crippen LogP contribution in [-0.2, 0) is 0 Å². The van der Waals surface area contributed by atoms with Crippen molar-refractivity contribution in [1.82, 2.24) is 4.90 Å². The Kier molecular flexibility index (Phi) is 3.22. The number of fused-ring (bicyclic) bond motifs is 1. The van der Waals surface area contributed by atoms with E-state index >= 15 is 0 Å². The molecule has 2 rings (SSSR count). The highest BCUT2D eigenvalue weighted by Crippen LogP contribution is 2.25. The molecular weight excluding hydrogens is 228 g/mol. The Balaban J connectivity index is 2.29. The average Bonchev–Trinajstić information content (AvgIpc) is 2.64. The molecule has 1 aromatic rings. The molecule has 0 aromatic heterocycles. The van der Waals surface area contributed by atoms with E-state index in [-0.39, 0.29) is 18.4 Å². The maximum Gasteiger partial charge on any atom is 0.261 e. The molecule has 0 spiro atoms. The number of carbonyl (C=O) groups is 2. The van der Waals surface area contributed by atoms with Gasteiger partial charge in [0.15, 0.2) is 0 Å². The van der Waals surface area contributed by atoms with E-state index in [1.165, 1.54) is 4.90 Å². The van der Waals surface area contributed by atoms with E-state index in [1.807, 2.05) is 13.8 Å². The van der Waals surface area contributed by atoms with Gasteiger partial charge in [0.1, 0.15) is 0 Å². The van der Waals surface area contributed by atoms with E-state index in [0.717, 1.165) is 12.8 Å². The van der Waals surface area contributed by atoms with Crippen LogP contribution in [0, 0.1) is 0 Å². The van der Waals surface area contributed by atoms with Crippen LogP contribution in [-0.4, -0.2) is 28.8 Å². The Hall–Kier alpha value is -1.68. The van der Waals surface area contributed by atoms with Crippen molar-refractivity contribution in [3.63, 3.8) is 0 Å². The smallest absolute Gasteiger partial charge is 0.261 e. The third kappa shape index (κ3) is 1.93. The zero-order chi connectivity index (χ0) is 13.3. The fourth-order valence-corrected chi connectivity index (χ4v) is 2.17. The van der Waals surface area contributed by atoms with E-state index in [1.54, 1.807) is 24.3 Å². The maximum absolute atomic E-state index is 12.2. The van der Waals surface area contributed by atoms with Gasteiger partial charge in [0.25, 0.3) is 11.8 Å². The Morgan fingerprint density at radius 2 is 1.50 bits per heavy atom. The van der Waals surface area contributed by atoms with Crippen molar-refractivity contribution in [3.05, 3.63) is 35.4 Å². The van der Waals surface area contributed by atoms with Crippen LogP contribution in [0.3, 0.4) is 0 Å². The highest BCUT2D eigenvalue weighted by atomic mass is 16.2. The maximum atomic E-state index is 12.2. The van der Waals surface area contributed by atoms with Crippen molar-refractivity contribution in [2.75, 3.05) is 6.54 Å². The number of nitrogens with two attached hydrogens (primary N) is 1. The lowest BCUT2D eigenvalue weighted by Crippen LogP contribution is -2.51. The molecule has 1 aliphatic rings. The van der Waals surface area contributed by atoms with Crippen LogP contribution >= 0.6 is 0 Å². The molecule has 0 bridgehead atoms. The number of hydrogen-bond donors (Lipinski definition) is 1. The predicted molar refractivity (Wildman–Crippen MR) is 69.3 cm³/mol. The molecule has 0 radical (unpaired) electrons. The molecular formula is C14H18N2O2. The summed E-state index contributed by atoms with van der Waals surface area (Å²) in [5, 5.41) is 0. The lowest BCUT2D eigenvalue weighted by Gasteiger charge is -2.30. The molecule has 1 aromatic carbocycles. The highest BCUT2D eigenvalue weighted by molar-refractivity contribution is 6.21. The first-order chi connectivity index (χ1) is 8.52. The summed E-state index contributed by atoms with van der Waals surface area (Å²) in [5.41, 5.74) is 6.66. The Labute approximate surface area is 107 Å². The minimum atomic E-state index is -0.493. The molecule has 0 saturated carbocycles. The van der Waals surface area contributed by atoms with Gasteiger partial charge in [0.2, 0.25) is 0 Å². The van der Waals surface area contributed by atoms with Crippen LogP contribution in [0.5, 0.6) is 0 Å². The largest absolute Gasteiger partial charge is 0.324 e. The van der Waals surface area contributed by atoms with Crippen LogP contribution in [0.15, 0.2) is 24.3 Å². The van der Waals surface area contributed by atoms with Gasteiger partial charge in [-0.25, -0.2) is 0 Å². The Bertz CT molecular complexity index is 457.